The maximum absolute atomic E-state index is 13.3. The van der Waals surface area contributed by atoms with Crippen LogP contribution in [0.15, 0.2) is 75.9 Å². The molecule has 4 N–H and O–H groups in total. The second kappa shape index (κ2) is 10.1. The Morgan fingerprint density at radius 1 is 0.786 bits per heavy atom. The first-order valence-corrected chi connectivity index (χ1v) is 12.8. The molecule has 0 radical (unpaired) electrons. The van der Waals surface area contributed by atoms with E-state index in [9.17, 15) is 30.0 Å². The summed E-state index contributed by atoms with van der Waals surface area (Å²) < 4.78 is 22.9. The summed E-state index contributed by atoms with van der Waals surface area (Å²) in [7, 11) is 2.97. The normalized spacial score (nSPS) is 14.3. The molecular weight excluding hydrogens is 544 g/mol. The minimum absolute atomic E-state index is 0.0326. The molecule has 0 saturated carbocycles. The molecule has 1 aliphatic heterocycles. The van der Waals surface area contributed by atoms with E-state index in [-0.39, 0.29) is 62.9 Å². The maximum Gasteiger partial charge on any atom is 0.197 e. The first-order valence-electron chi connectivity index (χ1n) is 12.8. The van der Waals surface area contributed by atoms with Gasteiger partial charge in [-0.05, 0) is 35.9 Å². The third kappa shape index (κ3) is 4.39. The quantitative estimate of drug-likeness (QED) is 0.208. The molecule has 0 aliphatic carbocycles. The topological polar surface area (TPSA) is 156 Å². The largest absolute Gasteiger partial charge is 0.508 e. The molecule has 1 aromatic heterocycles. The van der Waals surface area contributed by atoms with Crippen LogP contribution in [0.5, 0.6) is 40.2 Å². The van der Waals surface area contributed by atoms with Crippen LogP contribution in [0.4, 0.5) is 0 Å². The molecule has 1 aliphatic rings. The number of Topliss-reactive ketones (excluding diaryl/α,β-unsaturated/α-hetero) is 1. The molecule has 212 valence electrons. The molecule has 10 heteroatoms. The van der Waals surface area contributed by atoms with Crippen LogP contribution < -0.4 is 19.6 Å². The molecule has 0 bridgehead atoms. The molecule has 2 heterocycles. The van der Waals surface area contributed by atoms with Crippen molar-refractivity contribution in [3.63, 3.8) is 0 Å². The standard InChI is InChI=1S/C32H24O10/c1-39-18-6-3-15(4-7-18)26-14-24(38)31-22(36)12-21(35)29(32(31)42-26)19-9-16(5-8-25(19)40-2)27-13-23(37)30-20(34)10-17(33)11-28(30)41-27/h3-13,26,33-36H,14H2,1-2H3. The highest BCUT2D eigenvalue weighted by Crippen LogP contribution is 2.52. The summed E-state index contributed by atoms with van der Waals surface area (Å²) in [5, 5.41) is 41.7. The van der Waals surface area contributed by atoms with Gasteiger partial charge in [0.2, 0.25) is 0 Å². The number of hydrogen-bond donors (Lipinski definition) is 4. The van der Waals surface area contributed by atoms with Crippen molar-refractivity contribution in [3.8, 4) is 62.7 Å². The van der Waals surface area contributed by atoms with Gasteiger partial charge in [0.15, 0.2) is 11.2 Å². The molecular formula is C32H24O10. The van der Waals surface area contributed by atoms with Gasteiger partial charge in [-0.25, -0.2) is 0 Å². The Balaban J connectivity index is 1.53. The minimum atomic E-state index is -0.719. The Bertz CT molecular complexity index is 1940. The summed E-state index contributed by atoms with van der Waals surface area (Å²) in [5.41, 5.74) is 0.787. The fourth-order valence-electron chi connectivity index (χ4n) is 5.19. The summed E-state index contributed by atoms with van der Waals surface area (Å²) in [6, 6.07) is 16.3. The zero-order chi connectivity index (χ0) is 29.7. The first kappa shape index (κ1) is 26.6. The van der Waals surface area contributed by atoms with Crippen LogP contribution in [0, 0.1) is 0 Å². The van der Waals surface area contributed by atoms with Gasteiger partial charge in [-0.15, -0.1) is 0 Å². The number of ether oxygens (including phenoxy) is 3. The predicted octanol–water partition coefficient (Wildman–Crippen LogP) is 5.67. The van der Waals surface area contributed by atoms with Crippen LogP contribution in [0.25, 0.3) is 33.4 Å². The van der Waals surface area contributed by atoms with Crippen LogP contribution in [0.2, 0.25) is 0 Å². The van der Waals surface area contributed by atoms with E-state index in [0.29, 0.717) is 22.6 Å². The van der Waals surface area contributed by atoms with Crippen molar-refractivity contribution in [1.82, 2.24) is 0 Å². The first-order chi connectivity index (χ1) is 20.2. The van der Waals surface area contributed by atoms with Gasteiger partial charge in [0, 0.05) is 35.4 Å². The number of ketones is 1. The molecule has 0 saturated heterocycles. The fraction of sp³-hybridized carbons (Fsp3) is 0.125. The van der Waals surface area contributed by atoms with Gasteiger partial charge in [-0.3, -0.25) is 9.59 Å². The molecule has 42 heavy (non-hydrogen) atoms. The van der Waals surface area contributed by atoms with Crippen molar-refractivity contribution in [2.45, 2.75) is 12.5 Å². The number of hydrogen-bond acceptors (Lipinski definition) is 10. The number of carbonyl (C=O) groups is 1. The Morgan fingerprint density at radius 3 is 2.24 bits per heavy atom. The minimum Gasteiger partial charge on any atom is -0.508 e. The molecule has 4 aromatic carbocycles. The molecule has 1 atom stereocenters. The number of methoxy groups -OCH3 is 2. The van der Waals surface area contributed by atoms with E-state index in [0.717, 1.165) is 12.1 Å². The van der Waals surface area contributed by atoms with Gasteiger partial charge < -0.3 is 39.1 Å². The second-order valence-corrected chi connectivity index (χ2v) is 9.73. The lowest BCUT2D eigenvalue weighted by Crippen LogP contribution is -2.21. The van der Waals surface area contributed by atoms with Crippen molar-refractivity contribution < 1.29 is 43.8 Å². The van der Waals surface area contributed by atoms with Crippen LogP contribution in [0.3, 0.4) is 0 Å². The number of carbonyl (C=O) groups excluding carboxylic acids is 1. The van der Waals surface area contributed by atoms with Gasteiger partial charge in [0.1, 0.15) is 68.6 Å². The second-order valence-electron chi connectivity index (χ2n) is 9.73. The third-order valence-corrected chi connectivity index (χ3v) is 7.19. The summed E-state index contributed by atoms with van der Waals surface area (Å²) in [6.45, 7) is 0. The average Bonchev–Trinajstić information content (AvgIpc) is 2.96. The summed E-state index contributed by atoms with van der Waals surface area (Å²) >= 11 is 0. The van der Waals surface area contributed by atoms with Crippen LogP contribution in [-0.4, -0.2) is 40.4 Å². The molecule has 0 spiro atoms. The van der Waals surface area contributed by atoms with Gasteiger partial charge >= 0.3 is 0 Å². The number of aromatic hydroxyl groups is 4. The van der Waals surface area contributed by atoms with E-state index in [1.165, 1.54) is 19.2 Å². The molecule has 10 nitrogen and oxygen atoms in total. The van der Waals surface area contributed by atoms with E-state index < -0.39 is 23.0 Å². The molecule has 1 unspecified atom stereocenters. The number of benzene rings is 4. The fourth-order valence-corrected chi connectivity index (χ4v) is 5.19. The number of fused-ring (bicyclic) bond motifs is 2. The number of phenolic OH excluding ortho intramolecular Hbond substituents is 4. The smallest absolute Gasteiger partial charge is 0.197 e. The van der Waals surface area contributed by atoms with Gasteiger partial charge in [0.25, 0.3) is 0 Å². The number of phenols is 4. The summed E-state index contributed by atoms with van der Waals surface area (Å²) in [4.78, 5) is 26.2. The third-order valence-electron chi connectivity index (χ3n) is 7.19. The SMILES string of the molecule is COc1ccc(C2CC(=O)c3c(O)cc(O)c(-c4cc(-c5cc(=O)c6c(O)cc(O)cc6o5)ccc4OC)c3O2)cc1. The summed E-state index contributed by atoms with van der Waals surface area (Å²) in [5.74, 6) is -0.909. The van der Waals surface area contributed by atoms with Crippen molar-refractivity contribution in [3.05, 3.63) is 88.1 Å². The highest BCUT2D eigenvalue weighted by atomic mass is 16.5. The predicted molar refractivity (Wildman–Crippen MR) is 152 cm³/mol. The van der Waals surface area contributed by atoms with E-state index in [2.05, 4.69) is 0 Å². The monoisotopic (exact) mass is 568 g/mol. The highest BCUT2D eigenvalue weighted by Gasteiger charge is 2.35. The lowest BCUT2D eigenvalue weighted by atomic mass is 9.90. The van der Waals surface area contributed by atoms with E-state index >= 15 is 0 Å². The van der Waals surface area contributed by atoms with Crippen molar-refractivity contribution >= 4 is 16.8 Å². The molecule has 0 amide bonds. The molecule has 6 rings (SSSR count). The highest BCUT2D eigenvalue weighted by molar-refractivity contribution is 6.06. The average molecular weight is 569 g/mol. The lowest BCUT2D eigenvalue weighted by molar-refractivity contribution is 0.0846. The zero-order valence-corrected chi connectivity index (χ0v) is 22.4. The zero-order valence-electron chi connectivity index (χ0n) is 22.4. The van der Waals surface area contributed by atoms with Crippen molar-refractivity contribution in [1.29, 1.82) is 0 Å². The van der Waals surface area contributed by atoms with E-state index in [1.807, 2.05) is 0 Å². The van der Waals surface area contributed by atoms with Gasteiger partial charge in [-0.1, -0.05) is 12.1 Å². The molecule has 0 fully saturated rings. The van der Waals surface area contributed by atoms with Gasteiger partial charge in [-0.2, -0.15) is 0 Å². The van der Waals surface area contributed by atoms with Crippen LogP contribution in [0.1, 0.15) is 28.4 Å². The Kier molecular flexibility index (Phi) is 6.38. The number of rotatable bonds is 5. The molecule has 5 aromatic rings. The Labute approximate surface area is 238 Å². The maximum atomic E-state index is 13.3. The van der Waals surface area contributed by atoms with Crippen molar-refractivity contribution in [2.24, 2.45) is 0 Å². The summed E-state index contributed by atoms with van der Waals surface area (Å²) in [6.07, 6.45) is -0.764. The van der Waals surface area contributed by atoms with E-state index in [4.69, 9.17) is 18.6 Å². The Morgan fingerprint density at radius 2 is 1.52 bits per heavy atom. The van der Waals surface area contributed by atoms with Crippen molar-refractivity contribution in [2.75, 3.05) is 14.2 Å². The van der Waals surface area contributed by atoms with Crippen LogP contribution in [-0.2, 0) is 0 Å². The van der Waals surface area contributed by atoms with Crippen LogP contribution >= 0.6 is 0 Å². The van der Waals surface area contributed by atoms with E-state index in [1.54, 1.807) is 49.6 Å². The lowest BCUT2D eigenvalue weighted by Gasteiger charge is -2.29. The Hall–Kier alpha value is -5.64. The van der Waals surface area contributed by atoms with Gasteiger partial charge in [0.05, 0.1) is 26.2 Å².